The van der Waals surface area contributed by atoms with Crippen molar-refractivity contribution < 1.29 is 14.3 Å². The van der Waals surface area contributed by atoms with Crippen molar-refractivity contribution in [1.29, 1.82) is 0 Å². The summed E-state index contributed by atoms with van der Waals surface area (Å²) in [6.45, 7) is 0. The van der Waals surface area contributed by atoms with Gasteiger partial charge in [0.15, 0.2) is 0 Å². The second kappa shape index (κ2) is 5.66. The molecule has 0 aromatic heterocycles. The van der Waals surface area contributed by atoms with Crippen molar-refractivity contribution in [3.8, 4) is 0 Å². The number of ether oxygens (including phenoxy) is 2. The second-order valence-corrected chi connectivity index (χ2v) is 4.28. The zero-order chi connectivity index (χ0) is 12.1. The molecule has 92 valence electrons. The third kappa shape index (κ3) is 3.19. The quantitative estimate of drug-likeness (QED) is 0.556. The highest BCUT2D eigenvalue weighted by Gasteiger charge is 2.23. The molecule has 2 atom stereocenters. The van der Waals surface area contributed by atoms with E-state index >= 15 is 0 Å². The van der Waals surface area contributed by atoms with E-state index in [4.69, 9.17) is 4.74 Å². The summed E-state index contributed by atoms with van der Waals surface area (Å²) in [6.07, 6.45) is 11.3. The van der Waals surface area contributed by atoms with Crippen molar-refractivity contribution in [3.63, 3.8) is 0 Å². The summed E-state index contributed by atoms with van der Waals surface area (Å²) < 4.78 is 10.2. The smallest absolute Gasteiger partial charge is 0.352 e. The van der Waals surface area contributed by atoms with Gasteiger partial charge in [-0.05, 0) is 25.2 Å². The maximum absolute atomic E-state index is 11.3. The van der Waals surface area contributed by atoms with Crippen LogP contribution in [0.3, 0.4) is 0 Å². The lowest BCUT2D eigenvalue weighted by atomic mass is 9.92. The summed E-state index contributed by atoms with van der Waals surface area (Å²) >= 11 is 0. The molecule has 0 aromatic rings. The number of aliphatic imine (C=N–C) groups is 1. The van der Waals surface area contributed by atoms with Gasteiger partial charge in [-0.1, -0.05) is 12.2 Å². The minimum Gasteiger partial charge on any atom is -0.476 e. The molecule has 0 saturated heterocycles. The molecule has 0 amide bonds. The zero-order valence-corrected chi connectivity index (χ0v) is 9.96. The Morgan fingerprint density at radius 2 is 2.53 bits per heavy atom. The van der Waals surface area contributed by atoms with Crippen LogP contribution in [0.25, 0.3) is 0 Å². The van der Waals surface area contributed by atoms with Crippen LogP contribution in [0.2, 0.25) is 0 Å². The maximum atomic E-state index is 11.3. The van der Waals surface area contributed by atoms with Crippen LogP contribution >= 0.6 is 0 Å². The Morgan fingerprint density at radius 1 is 1.65 bits per heavy atom. The fourth-order valence-electron chi connectivity index (χ4n) is 2.07. The second-order valence-electron chi connectivity index (χ2n) is 4.28. The normalized spacial score (nSPS) is 27.2. The van der Waals surface area contributed by atoms with Crippen molar-refractivity contribution in [1.82, 2.24) is 0 Å². The number of hydrogen-bond acceptors (Lipinski definition) is 4. The largest absolute Gasteiger partial charge is 0.476 e. The van der Waals surface area contributed by atoms with Gasteiger partial charge in [-0.2, -0.15) is 0 Å². The molecule has 0 unspecified atom stereocenters. The van der Waals surface area contributed by atoms with Gasteiger partial charge in [0.2, 0.25) is 6.10 Å². The van der Waals surface area contributed by atoms with E-state index in [-0.39, 0.29) is 0 Å². The summed E-state index contributed by atoms with van der Waals surface area (Å²) in [5.41, 5.74) is 0. The summed E-state index contributed by atoms with van der Waals surface area (Å²) in [4.78, 5) is 15.4. The predicted molar refractivity (Wildman–Crippen MR) is 64.6 cm³/mol. The fourth-order valence-corrected chi connectivity index (χ4v) is 2.07. The van der Waals surface area contributed by atoms with E-state index in [1.54, 1.807) is 6.20 Å². The molecule has 17 heavy (non-hydrogen) atoms. The van der Waals surface area contributed by atoms with Crippen LogP contribution < -0.4 is 0 Å². The van der Waals surface area contributed by atoms with E-state index in [2.05, 4.69) is 21.9 Å². The molecule has 1 aliphatic carbocycles. The van der Waals surface area contributed by atoms with Crippen LogP contribution in [-0.2, 0) is 14.3 Å². The minimum atomic E-state index is -0.687. The number of carbonyl (C=O) groups excluding carboxylic acids is 1. The number of hydrogen-bond donors (Lipinski definition) is 0. The van der Waals surface area contributed by atoms with Crippen molar-refractivity contribution in [2.75, 3.05) is 7.11 Å². The Labute approximate surface area is 101 Å². The highest BCUT2D eigenvalue weighted by atomic mass is 16.6. The van der Waals surface area contributed by atoms with E-state index in [0.29, 0.717) is 5.92 Å². The molecular formula is C13H17NO3. The molecule has 0 spiro atoms. The molecular weight excluding hydrogens is 218 g/mol. The van der Waals surface area contributed by atoms with Crippen LogP contribution in [-0.4, -0.2) is 25.4 Å². The van der Waals surface area contributed by atoms with Crippen molar-refractivity contribution >= 4 is 12.2 Å². The van der Waals surface area contributed by atoms with Crippen LogP contribution in [0, 0.1) is 5.92 Å². The van der Waals surface area contributed by atoms with Crippen molar-refractivity contribution in [2.24, 2.45) is 10.9 Å². The Morgan fingerprint density at radius 3 is 3.24 bits per heavy atom. The van der Waals surface area contributed by atoms with Gasteiger partial charge in [0.25, 0.3) is 0 Å². The minimum absolute atomic E-state index is 0.404. The molecule has 0 saturated carbocycles. The van der Waals surface area contributed by atoms with Gasteiger partial charge in [-0.3, -0.25) is 4.99 Å². The first kappa shape index (κ1) is 11.9. The molecule has 1 heterocycles. The van der Waals surface area contributed by atoms with Crippen molar-refractivity contribution in [3.05, 3.63) is 24.1 Å². The number of allylic oxidation sites excluding steroid dienone is 3. The molecule has 0 fully saturated rings. The number of methoxy groups -OCH3 is 1. The predicted octanol–water partition coefficient (Wildman–Crippen LogP) is 2.22. The highest BCUT2D eigenvalue weighted by Crippen LogP contribution is 2.25. The standard InChI is InChI=1S/C13H17NO3/c1-16-13(15)12-9-14-8-11(17-12)7-10-5-3-2-4-6-10/h3,5,8-10,12H,2,4,6-7H2,1H3/t10-,12+/m1/s1. The average Bonchev–Trinajstić information content (AvgIpc) is 2.39. The van der Waals surface area contributed by atoms with Gasteiger partial charge in [-0.25, -0.2) is 4.79 Å². The Balaban J connectivity index is 1.91. The molecule has 0 N–H and O–H groups in total. The number of esters is 1. The molecule has 4 heteroatoms. The van der Waals surface area contributed by atoms with Gasteiger partial charge in [-0.15, -0.1) is 0 Å². The average molecular weight is 235 g/mol. The van der Waals surface area contributed by atoms with E-state index in [9.17, 15) is 4.79 Å². The van der Waals surface area contributed by atoms with E-state index in [1.165, 1.54) is 32.6 Å². The van der Waals surface area contributed by atoms with Gasteiger partial charge in [0.05, 0.1) is 19.5 Å². The van der Waals surface area contributed by atoms with Crippen LogP contribution in [0.5, 0.6) is 0 Å². The zero-order valence-electron chi connectivity index (χ0n) is 9.96. The first-order chi connectivity index (χ1) is 8.29. The van der Waals surface area contributed by atoms with Crippen LogP contribution in [0.15, 0.2) is 29.1 Å². The maximum Gasteiger partial charge on any atom is 0.352 e. The van der Waals surface area contributed by atoms with Gasteiger partial charge in [0, 0.05) is 6.42 Å². The SMILES string of the molecule is COC(=O)[C@@H]1C=NC=C(C[C@@H]2C=CCCC2)O1. The van der Waals surface area contributed by atoms with Gasteiger partial charge >= 0.3 is 5.97 Å². The summed E-state index contributed by atoms with van der Waals surface area (Å²) in [5.74, 6) is 0.861. The molecule has 2 aliphatic rings. The van der Waals surface area contributed by atoms with Crippen molar-refractivity contribution in [2.45, 2.75) is 31.8 Å². The summed E-state index contributed by atoms with van der Waals surface area (Å²) in [6, 6.07) is 0. The third-order valence-corrected chi connectivity index (χ3v) is 2.97. The molecule has 0 radical (unpaired) electrons. The molecule has 0 bridgehead atoms. The fraction of sp³-hybridized carbons (Fsp3) is 0.538. The Kier molecular flexibility index (Phi) is 3.96. The molecule has 1 aliphatic heterocycles. The monoisotopic (exact) mass is 235 g/mol. The molecule has 2 rings (SSSR count). The summed E-state index contributed by atoms with van der Waals surface area (Å²) in [7, 11) is 1.35. The lowest BCUT2D eigenvalue weighted by molar-refractivity contribution is -0.147. The molecule has 0 aromatic carbocycles. The van der Waals surface area contributed by atoms with E-state index in [1.807, 2.05) is 0 Å². The van der Waals surface area contributed by atoms with Gasteiger partial charge < -0.3 is 9.47 Å². The Hall–Kier alpha value is -1.58. The van der Waals surface area contributed by atoms with Crippen LogP contribution in [0.4, 0.5) is 0 Å². The van der Waals surface area contributed by atoms with E-state index < -0.39 is 12.1 Å². The number of carbonyl (C=O) groups is 1. The number of rotatable bonds is 3. The van der Waals surface area contributed by atoms with Gasteiger partial charge in [0.1, 0.15) is 5.76 Å². The third-order valence-electron chi connectivity index (χ3n) is 2.97. The lowest BCUT2D eigenvalue weighted by Gasteiger charge is -2.22. The first-order valence-corrected chi connectivity index (χ1v) is 5.93. The molecule has 4 nitrogen and oxygen atoms in total. The van der Waals surface area contributed by atoms with E-state index in [0.717, 1.165) is 12.2 Å². The lowest BCUT2D eigenvalue weighted by Crippen LogP contribution is -2.28. The summed E-state index contributed by atoms with van der Waals surface area (Å²) in [5, 5.41) is 0. The highest BCUT2D eigenvalue weighted by molar-refractivity contribution is 5.93. The topological polar surface area (TPSA) is 47.9 Å². The van der Waals surface area contributed by atoms with Crippen LogP contribution in [0.1, 0.15) is 25.7 Å². The first-order valence-electron chi connectivity index (χ1n) is 5.93. The Bertz CT molecular complexity index is 371. The number of nitrogens with zero attached hydrogens (tertiary/aromatic N) is 1.